The Labute approximate surface area is 124 Å². The summed E-state index contributed by atoms with van der Waals surface area (Å²) in [4.78, 5) is 0. The zero-order valence-electron chi connectivity index (χ0n) is 12.3. The number of H-pyrrole nitrogens is 1. The number of benzene rings is 2. The Balaban J connectivity index is 1.99. The first-order valence-electron chi connectivity index (χ1n) is 7.53. The fourth-order valence-electron chi connectivity index (χ4n) is 2.56. The van der Waals surface area contributed by atoms with E-state index in [1.54, 1.807) is 0 Å². The van der Waals surface area contributed by atoms with Gasteiger partial charge in [0.2, 0.25) is 0 Å². The molecule has 2 N–H and O–H groups in total. The van der Waals surface area contributed by atoms with Gasteiger partial charge in [0, 0.05) is 17.8 Å². The molecule has 2 aromatic carbocycles. The van der Waals surface area contributed by atoms with Crippen molar-refractivity contribution in [2.75, 3.05) is 11.9 Å². The number of hydrogen-bond acceptors (Lipinski definition) is 3. The SMILES string of the molecule is CCCCCNc1ccc2[nH]nnc2c1-c1ccccc1. The van der Waals surface area contributed by atoms with E-state index in [-0.39, 0.29) is 0 Å². The molecule has 1 aromatic heterocycles. The summed E-state index contributed by atoms with van der Waals surface area (Å²) in [5.74, 6) is 0. The number of unbranched alkanes of at least 4 members (excludes halogenated alkanes) is 2. The van der Waals surface area contributed by atoms with Gasteiger partial charge in [-0.05, 0) is 24.1 Å². The van der Waals surface area contributed by atoms with Gasteiger partial charge in [-0.1, -0.05) is 55.3 Å². The second-order valence-corrected chi connectivity index (χ2v) is 5.20. The van der Waals surface area contributed by atoms with Crippen LogP contribution < -0.4 is 5.32 Å². The molecule has 0 radical (unpaired) electrons. The van der Waals surface area contributed by atoms with Crippen LogP contribution in [-0.2, 0) is 0 Å². The maximum atomic E-state index is 4.25. The summed E-state index contributed by atoms with van der Waals surface area (Å²) in [6.07, 6.45) is 3.66. The van der Waals surface area contributed by atoms with E-state index in [0.717, 1.165) is 34.4 Å². The minimum Gasteiger partial charge on any atom is -0.384 e. The van der Waals surface area contributed by atoms with Gasteiger partial charge >= 0.3 is 0 Å². The van der Waals surface area contributed by atoms with Crippen molar-refractivity contribution in [2.24, 2.45) is 0 Å². The third kappa shape index (κ3) is 2.89. The van der Waals surface area contributed by atoms with Crippen molar-refractivity contribution in [3.63, 3.8) is 0 Å². The molecule has 0 saturated carbocycles. The fourth-order valence-corrected chi connectivity index (χ4v) is 2.56. The first-order chi connectivity index (χ1) is 10.4. The Morgan fingerprint density at radius 3 is 2.71 bits per heavy atom. The Bertz CT molecular complexity index is 703. The molecule has 0 saturated heterocycles. The van der Waals surface area contributed by atoms with Crippen molar-refractivity contribution in [2.45, 2.75) is 26.2 Å². The van der Waals surface area contributed by atoms with Crippen LogP contribution in [0.25, 0.3) is 22.2 Å². The molecule has 0 fully saturated rings. The van der Waals surface area contributed by atoms with Crippen LogP contribution in [0.2, 0.25) is 0 Å². The number of nitrogens with one attached hydrogen (secondary N) is 2. The zero-order valence-corrected chi connectivity index (χ0v) is 12.3. The Morgan fingerprint density at radius 1 is 1.05 bits per heavy atom. The van der Waals surface area contributed by atoms with Crippen LogP contribution in [0.3, 0.4) is 0 Å². The first kappa shape index (κ1) is 13.6. The molecule has 0 aliphatic carbocycles. The lowest BCUT2D eigenvalue weighted by atomic mass is 10.0. The number of aromatic nitrogens is 3. The molecule has 108 valence electrons. The molecule has 0 bridgehead atoms. The molecule has 0 aliphatic heterocycles. The number of aromatic amines is 1. The highest BCUT2D eigenvalue weighted by Crippen LogP contribution is 2.33. The van der Waals surface area contributed by atoms with Crippen LogP contribution in [0.4, 0.5) is 5.69 Å². The van der Waals surface area contributed by atoms with Gasteiger partial charge in [0.25, 0.3) is 0 Å². The molecule has 3 aromatic rings. The molecule has 0 spiro atoms. The van der Waals surface area contributed by atoms with Crippen LogP contribution in [0.15, 0.2) is 42.5 Å². The Morgan fingerprint density at radius 2 is 1.90 bits per heavy atom. The van der Waals surface area contributed by atoms with Crippen molar-refractivity contribution < 1.29 is 0 Å². The third-order valence-corrected chi connectivity index (χ3v) is 3.66. The lowest BCUT2D eigenvalue weighted by molar-refractivity contribution is 0.744. The van der Waals surface area contributed by atoms with Crippen molar-refractivity contribution >= 4 is 16.7 Å². The van der Waals surface area contributed by atoms with Gasteiger partial charge in [-0.2, -0.15) is 0 Å². The lowest BCUT2D eigenvalue weighted by Gasteiger charge is -2.12. The highest BCUT2D eigenvalue weighted by molar-refractivity contribution is 5.98. The number of anilines is 1. The number of hydrogen-bond donors (Lipinski definition) is 2. The smallest absolute Gasteiger partial charge is 0.122 e. The van der Waals surface area contributed by atoms with Gasteiger partial charge in [0.05, 0.1) is 5.52 Å². The van der Waals surface area contributed by atoms with Crippen LogP contribution >= 0.6 is 0 Å². The van der Waals surface area contributed by atoms with E-state index in [0.29, 0.717) is 0 Å². The van der Waals surface area contributed by atoms with Gasteiger partial charge in [-0.3, -0.25) is 5.10 Å². The number of nitrogens with zero attached hydrogens (tertiary/aromatic N) is 2. The highest BCUT2D eigenvalue weighted by atomic mass is 15.3. The molecule has 0 unspecified atom stereocenters. The molecule has 3 rings (SSSR count). The third-order valence-electron chi connectivity index (χ3n) is 3.66. The zero-order chi connectivity index (χ0) is 14.5. The maximum absolute atomic E-state index is 4.25. The van der Waals surface area contributed by atoms with Crippen molar-refractivity contribution in [1.82, 2.24) is 15.4 Å². The van der Waals surface area contributed by atoms with Crippen molar-refractivity contribution in [3.8, 4) is 11.1 Å². The van der Waals surface area contributed by atoms with Gasteiger partial charge in [0.15, 0.2) is 0 Å². The van der Waals surface area contributed by atoms with E-state index in [1.807, 2.05) is 12.1 Å². The summed E-state index contributed by atoms with van der Waals surface area (Å²) in [5.41, 5.74) is 5.29. The molecular formula is C17H20N4. The van der Waals surface area contributed by atoms with Crippen LogP contribution in [0, 0.1) is 0 Å². The maximum Gasteiger partial charge on any atom is 0.122 e. The van der Waals surface area contributed by atoms with Crippen molar-refractivity contribution in [1.29, 1.82) is 0 Å². The largest absolute Gasteiger partial charge is 0.384 e. The second-order valence-electron chi connectivity index (χ2n) is 5.20. The molecular weight excluding hydrogens is 260 g/mol. The van der Waals surface area contributed by atoms with E-state index in [4.69, 9.17) is 0 Å². The molecule has 0 amide bonds. The molecule has 21 heavy (non-hydrogen) atoms. The molecule has 0 aliphatic rings. The molecule has 1 heterocycles. The first-order valence-corrected chi connectivity index (χ1v) is 7.53. The molecule has 4 nitrogen and oxygen atoms in total. The molecule has 4 heteroatoms. The average Bonchev–Trinajstić information content (AvgIpc) is 3.00. The minimum atomic E-state index is 0.918. The number of fused-ring (bicyclic) bond motifs is 1. The standard InChI is InChI=1S/C17H20N4/c1-2-3-7-12-18-14-10-11-15-17(20-21-19-15)16(14)13-8-5-4-6-9-13/h4-6,8-11,18H,2-3,7,12H2,1H3,(H,19,20,21). The summed E-state index contributed by atoms with van der Waals surface area (Å²) in [6, 6.07) is 14.5. The van der Waals surface area contributed by atoms with Gasteiger partial charge in [-0.25, -0.2) is 0 Å². The summed E-state index contributed by atoms with van der Waals surface area (Å²) in [6.45, 7) is 3.20. The van der Waals surface area contributed by atoms with Gasteiger partial charge < -0.3 is 5.32 Å². The van der Waals surface area contributed by atoms with Gasteiger partial charge in [-0.15, -0.1) is 5.10 Å². The van der Waals surface area contributed by atoms with E-state index >= 15 is 0 Å². The minimum absolute atomic E-state index is 0.918. The summed E-state index contributed by atoms with van der Waals surface area (Å²) in [5, 5.41) is 14.7. The fraction of sp³-hybridized carbons (Fsp3) is 0.294. The summed E-state index contributed by atoms with van der Waals surface area (Å²) < 4.78 is 0. The van der Waals surface area contributed by atoms with E-state index in [1.165, 1.54) is 19.3 Å². The normalized spacial score (nSPS) is 10.9. The Kier molecular flexibility index (Phi) is 4.15. The summed E-state index contributed by atoms with van der Waals surface area (Å²) in [7, 11) is 0. The monoisotopic (exact) mass is 280 g/mol. The van der Waals surface area contributed by atoms with E-state index in [2.05, 4.69) is 58.0 Å². The summed E-state index contributed by atoms with van der Waals surface area (Å²) >= 11 is 0. The van der Waals surface area contributed by atoms with E-state index in [9.17, 15) is 0 Å². The predicted molar refractivity (Wildman–Crippen MR) is 87.3 cm³/mol. The number of rotatable bonds is 6. The van der Waals surface area contributed by atoms with Gasteiger partial charge in [0.1, 0.15) is 5.52 Å². The predicted octanol–water partition coefficient (Wildman–Crippen LogP) is 4.23. The van der Waals surface area contributed by atoms with Crippen molar-refractivity contribution in [3.05, 3.63) is 42.5 Å². The average molecular weight is 280 g/mol. The lowest BCUT2D eigenvalue weighted by Crippen LogP contribution is -2.03. The van der Waals surface area contributed by atoms with E-state index < -0.39 is 0 Å². The Hall–Kier alpha value is -2.36. The molecule has 0 atom stereocenters. The quantitative estimate of drug-likeness (QED) is 0.664. The van der Waals surface area contributed by atoms with Crippen LogP contribution in [0.5, 0.6) is 0 Å². The highest BCUT2D eigenvalue weighted by Gasteiger charge is 2.12. The second kappa shape index (κ2) is 6.39. The topological polar surface area (TPSA) is 53.6 Å². The van der Waals surface area contributed by atoms with Crippen LogP contribution in [-0.4, -0.2) is 22.0 Å². The van der Waals surface area contributed by atoms with Crippen LogP contribution in [0.1, 0.15) is 26.2 Å².